The molecule has 1 aliphatic carbocycles. The zero-order valence-electron chi connectivity index (χ0n) is 15.8. The first-order valence-corrected chi connectivity index (χ1v) is 10.9. The molecule has 3 heterocycles. The minimum atomic E-state index is -0.0758. The number of thiophene rings is 1. The van der Waals surface area contributed by atoms with Crippen molar-refractivity contribution >= 4 is 17.3 Å². The first-order valence-electron chi connectivity index (χ1n) is 10.0. The minimum Gasteiger partial charge on any atom is -0.461 e. The van der Waals surface area contributed by atoms with Crippen molar-refractivity contribution in [3.05, 3.63) is 47.3 Å². The van der Waals surface area contributed by atoms with E-state index in [1.807, 2.05) is 6.07 Å². The van der Waals surface area contributed by atoms with Crippen LogP contribution in [0.2, 0.25) is 0 Å². The Morgan fingerprint density at radius 3 is 2.75 bits per heavy atom. The second kappa shape index (κ2) is 7.95. The van der Waals surface area contributed by atoms with E-state index in [4.69, 9.17) is 14.2 Å². The molecule has 2 aromatic rings. The zero-order valence-corrected chi connectivity index (χ0v) is 16.6. The van der Waals surface area contributed by atoms with Gasteiger partial charge in [0.05, 0.1) is 38.4 Å². The van der Waals surface area contributed by atoms with Crippen LogP contribution in [-0.4, -0.2) is 55.4 Å². The van der Waals surface area contributed by atoms with Gasteiger partial charge in [0.25, 0.3) is 0 Å². The molecule has 148 valence electrons. The van der Waals surface area contributed by atoms with Gasteiger partial charge in [0, 0.05) is 35.2 Å². The predicted molar refractivity (Wildman–Crippen MR) is 107 cm³/mol. The Hall–Kier alpha value is -1.73. The summed E-state index contributed by atoms with van der Waals surface area (Å²) in [6, 6.07) is 15.0. The second-order valence-corrected chi connectivity index (χ2v) is 8.92. The zero-order chi connectivity index (χ0) is 18.9. The number of morpholine rings is 1. The average molecular weight is 400 g/mol. The topological polar surface area (TPSA) is 48.0 Å². The molecule has 2 aliphatic heterocycles. The lowest BCUT2D eigenvalue weighted by Crippen LogP contribution is -2.53. The maximum absolute atomic E-state index is 12.0. The minimum absolute atomic E-state index is 0.0439. The third-order valence-electron chi connectivity index (χ3n) is 6.07. The van der Waals surface area contributed by atoms with E-state index in [0.29, 0.717) is 13.0 Å². The Balaban J connectivity index is 1.25. The SMILES string of the molecule is O=C1CC2C(OCc3ccc(-c4ccccc4)s3)CC(O1)C2N1CCOCC1. The van der Waals surface area contributed by atoms with E-state index in [0.717, 1.165) is 32.7 Å². The summed E-state index contributed by atoms with van der Waals surface area (Å²) in [5.41, 5.74) is 1.24. The maximum Gasteiger partial charge on any atom is 0.306 e. The van der Waals surface area contributed by atoms with Gasteiger partial charge in [-0.3, -0.25) is 9.69 Å². The smallest absolute Gasteiger partial charge is 0.306 e. The molecule has 1 aromatic carbocycles. The molecule has 0 amide bonds. The second-order valence-electron chi connectivity index (χ2n) is 7.75. The average Bonchev–Trinajstić information content (AvgIpc) is 3.29. The largest absolute Gasteiger partial charge is 0.461 e. The van der Waals surface area contributed by atoms with Gasteiger partial charge in [0.15, 0.2) is 0 Å². The summed E-state index contributed by atoms with van der Waals surface area (Å²) in [6.45, 7) is 3.93. The van der Waals surface area contributed by atoms with Gasteiger partial charge >= 0.3 is 5.97 Å². The van der Waals surface area contributed by atoms with Crippen molar-refractivity contribution in [1.82, 2.24) is 4.90 Å². The summed E-state index contributed by atoms with van der Waals surface area (Å²) in [4.78, 5) is 16.9. The van der Waals surface area contributed by atoms with Crippen LogP contribution in [0.3, 0.4) is 0 Å². The molecule has 28 heavy (non-hydrogen) atoms. The first-order chi connectivity index (χ1) is 13.8. The van der Waals surface area contributed by atoms with Crippen molar-refractivity contribution in [2.45, 2.75) is 37.7 Å². The molecule has 0 spiro atoms. The van der Waals surface area contributed by atoms with Crippen LogP contribution in [0.4, 0.5) is 0 Å². The first kappa shape index (κ1) is 18.3. The lowest BCUT2D eigenvalue weighted by molar-refractivity contribution is -0.161. The fraction of sp³-hybridized carbons (Fsp3) is 0.500. The number of esters is 1. The molecule has 5 nitrogen and oxygen atoms in total. The van der Waals surface area contributed by atoms with E-state index in [-0.39, 0.29) is 30.1 Å². The molecule has 5 rings (SSSR count). The van der Waals surface area contributed by atoms with Gasteiger partial charge < -0.3 is 14.2 Å². The Morgan fingerprint density at radius 1 is 1.11 bits per heavy atom. The molecular weight excluding hydrogens is 374 g/mol. The van der Waals surface area contributed by atoms with Gasteiger partial charge in [0.2, 0.25) is 0 Å². The predicted octanol–water partition coefficient (Wildman–Crippen LogP) is 3.34. The molecule has 2 bridgehead atoms. The molecule has 1 aromatic heterocycles. The summed E-state index contributed by atoms with van der Waals surface area (Å²) in [6.07, 6.45) is 1.29. The van der Waals surface area contributed by atoms with Crippen LogP contribution in [0.5, 0.6) is 0 Å². The third kappa shape index (κ3) is 3.62. The molecule has 3 fully saturated rings. The van der Waals surface area contributed by atoms with Crippen molar-refractivity contribution in [3.8, 4) is 10.4 Å². The third-order valence-corrected chi connectivity index (χ3v) is 7.18. The molecule has 4 unspecified atom stereocenters. The fourth-order valence-corrected chi connectivity index (χ4v) is 5.73. The maximum atomic E-state index is 12.0. The van der Waals surface area contributed by atoms with Gasteiger partial charge in [-0.15, -0.1) is 11.3 Å². The fourth-order valence-electron chi connectivity index (χ4n) is 4.79. The Morgan fingerprint density at radius 2 is 1.93 bits per heavy atom. The summed E-state index contributed by atoms with van der Waals surface area (Å²) in [5.74, 6) is 0.144. The van der Waals surface area contributed by atoms with Gasteiger partial charge in [-0.1, -0.05) is 30.3 Å². The van der Waals surface area contributed by atoms with E-state index >= 15 is 0 Å². The van der Waals surface area contributed by atoms with Crippen molar-refractivity contribution in [3.63, 3.8) is 0 Å². The van der Waals surface area contributed by atoms with E-state index in [1.54, 1.807) is 11.3 Å². The van der Waals surface area contributed by atoms with Crippen LogP contribution in [0.15, 0.2) is 42.5 Å². The molecule has 4 atom stereocenters. The van der Waals surface area contributed by atoms with E-state index in [2.05, 4.69) is 41.3 Å². The number of ether oxygens (including phenoxy) is 3. The van der Waals surface area contributed by atoms with Crippen molar-refractivity contribution in [2.75, 3.05) is 26.3 Å². The summed E-state index contributed by atoms with van der Waals surface area (Å²) < 4.78 is 17.5. The van der Waals surface area contributed by atoms with E-state index in [9.17, 15) is 4.79 Å². The number of benzene rings is 1. The van der Waals surface area contributed by atoms with Crippen LogP contribution in [0.1, 0.15) is 17.7 Å². The van der Waals surface area contributed by atoms with Crippen molar-refractivity contribution < 1.29 is 19.0 Å². The number of carbonyl (C=O) groups is 1. The highest BCUT2D eigenvalue weighted by Crippen LogP contribution is 2.41. The summed E-state index contributed by atoms with van der Waals surface area (Å²) >= 11 is 1.77. The lowest BCUT2D eigenvalue weighted by Gasteiger charge is -2.40. The van der Waals surface area contributed by atoms with E-state index in [1.165, 1.54) is 15.3 Å². The van der Waals surface area contributed by atoms with Gasteiger partial charge in [-0.05, 0) is 17.7 Å². The molecule has 6 heteroatoms. The number of hydrogen-bond acceptors (Lipinski definition) is 6. The number of nitrogens with zero attached hydrogens (tertiary/aromatic N) is 1. The van der Waals surface area contributed by atoms with Gasteiger partial charge in [0.1, 0.15) is 6.10 Å². The number of hydrogen-bond donors (Lipinski definition) is 0. The highest BCUT2D eigenvalue weighted by atomic mass is 32.1. The van der Waals surface area contributed by atoms with Crippen LogP contribution < -0.4 is 0 Å². The van der Waals surface area contributed by atoms with Crippen LogP contribution in [0.25, 0.3) is 10.4 Å². The Kier molecular flexibility index (Phi) is 5.20. The monoisotopic (exact) mass is 399 g/mol. The molecule has 3 aliphatic rings. The van der Waals surface area contributed by atoms with Gasteiger partial charge in [-0.2, -0.15) is 0 Å². The van der Waals surface area contributed by atoms with Gasteiger partial charge in [-0.25, -0.2) is 0 Å². The summed E-state index contributed by atoms with van der Waals surface area (Å²) in [5, 5.41) is 0. The van der Waals surface area contributed by atoms with Crippen molar-refractivity contribution in [1.29, 1.82) is 0 Å². The number of fused-ring (bicyclic) bond motifs is 2. The van der Waals surface area contributed by atoms with Crippen LogP contribution >= 0.6 is 11.3 Å². The van der Waals surface area contributed by atoms with Crippen LogP contribution in [-0.2, 0) is 25.6 Å². The quantitative estimate of drug-likeness (QED) is 0.722. The highest BCUT2D eigenvalue weighted by molar-refractivity contribution is 7.15. The molecular formula is C22H25NO4S. The number of rotatable bonds is 5. The Labute approximate surface area is 169 Å². The van der Waals surface area contributed by atoms with E-state index < -0.39 is 0 Å². The lowest BCUT2D eigenvalue weighted by atomic mass is 9.93. The molecule has 0 radical (unpaired) electrons. The normalized spacial score (nSPS) is 30.4. The molecule has 1 saturated carbocycles. The van der Waals surface area contributed by atoms with Crippen molar-refractivity contribution in [2.24, 2.45) is 5.92 Å². The number of carbonyl (C=O) groups excluding carboxylic acids is 1. The highest BCUT2D eigenvalue weighted by Gasteiger charge is 2.52. The Bertz CT molecular complexity index is 817. The summed E-state index contributed by atoms with van der Waals surface area (Å²) in [7, 11) is 0. The molecule has 2 saturated heterocycles. The molecule has 0 N–H and O–H groups in total. The standard InChI is InChI=1S/C22H25NO4S/c24-21-12-17-18(13-19(27-21)22(17)23-8-10-25-11-9-23)26-14-16-6-7-20(28-16)15-4-2-1-3-5-15/h1-7,17-19,22H,8-14H2. The van der Waals surface area contributed by atoms with Crippen LogP contribution in [0, 0.1) is 5.92 Å².